The zero-order chi connectivity index (χ0) is 16.0. The first-order chi connectivity index (χ1) is 9.79. The number of rotatable bonds is 6. The van der Waals surface area contributed by atoms with Crippen LogP contribution in [0.2, 0.25) is 0 Å². The van der Waals surface area contributed by atoms with Crippen LogP contribution in [0.25, 0.3) is 0 Å². The van der Waals surface area contributed by atoms with Crippen LogP contribution in [0.3, 0.4) is 0 Å². The summed E-state index contributed by atoms with van der Waals surface area (Å²) in [6.45, 7) is 4.91. The molecule has 21 heavy (non-hydrogen) atoms. The molecule has 6 nitrogen and oxygen atoms in total. The van der Waals surface area contributed by atoms with Crippen molar-refractivity contribution in [2.75, 3.05) is 5.32 Å². The molecule has 3 N–H and O–H groups in total. The number of hydrogen-bond donors (Lipinski definition) is 3. The van der Waals surface area contributed by atoms with E-state index in [-0.39, 0.29) is 17.9 Å². The summed E-state index contributed by atoms with van der Waals surface area (Å²) in [7, 11) is 0. The minimum Gasteiger partial charge on any atom is -0.480 e. The lowest BCUT2D eigenvalue weighted by Gasteiger charge is -2.14. The van der Waals surface area contributed by atoms with Crippen molar-refractivity contribution in [1.82, 2.24) is 5.32 Å². The molecule has 2 amide bonds. The predicted octanol–water partition coefficient (Wildman–Crippen LogP) is 2.13. The quantitative estimate of drug-likeness (QED) is 0.729. The summed E-state index contributed by atoms with van der Waals surface area (Å²) >= 11 is 3.07. The molecule has 0 aromatic heterocycles. The number of hydrogen-bond acceptors (Lipinski definition) is 3. The average Bonchev–Trinajstić information content (AvgIpc) is 2.36. The molecular weight excluding hydrogens is 340 g/mol. The van der Waals surface area contributed by atoms with E-state index in [0.29, 0.717) is 10.2 Å². The number of anilines is 1. The molecule has 0 fully saturated rings. The average molecular weight is 355 g/mol. The van der Waals surface area contributed by atoms with Gasteiger partial charge in [0.15, 0.2) is 0 Å². The maximum Gasteiger partial charge on any atom is 0.326 e. The first-order valence-electron chi connectivity index (χ1n) is 6.04. The second kappa shape index (κ2) is 7.58. The van der Waals surface area contributed by atoms with Crippen LogP contribution in [0.5, 0.6) is 0 Å². The van der Waals surface area contributed by atoms with Gasteiger partial charge in [-0.05, 0) is 22.7 Å². The summed E-state index contributed by atoms with van der Waals surface area (Å²) in [4.78, 5) is 34.1. The molecule has 0 saturated carbocycles. The molecule has 0 aliphatic carbocycles. The molecule has 0 heterocycles. The first kappa shape index (κ1) is 16.9. The highest BCUT2D eigenvalue weighted by atomic mass is 79.9. The van der Waals surface area contributed by atoms with Crippen molar-refractivity contribution in [2.24, 2.45) is 0 Å². The normalized spacial score (nSPS) is 11.3. The van der Waals surface area contributed by atoms with Gasteiger partial charge < -0.3 is 15.7 Å². The maximum atomic E-state index is 12.0. The molecule has 1 aromatic carbocycles. The van der Waals surface area contributed by atoms with Crippen LogP contribution in [0.15, 0.2) is 35.3 Å². The Morgan fingerprint density at radius 1 is 1.38 bits per heavy atom. The zero-order valence-corrected chi connectivity index (χ0v) is 12.9. The highest BCUT2D eigenvalue weighted by Gasteiger charge is 2.21. The third kappa shape index (κ3) is 5.78. The summed E-state index contributed by atoms with van der Waals surface area (Å²) in [5.41, 5.74) is 0.722. The van der Waals surface area contributed by atoms with Gasteiger partial charge in [0, 0.05) is 24.6 Å². The van der Waals surface area contributed by atoms with E-state index in [2.05, 4.69) is 33.1 Å². The molecule has 0 radical (unpaired) electrons. The topological polar surface area (TPSA) is 95.5 Å². The Hall–Kier alpha value is -2.15. The van der Waals surface area contributed by atoms with Crippen molar-refractivity contribution >= 4 is 39.4 Å². The van der Waals surface area contributed by atoms with Crippen LogP contribution in [0.4, 0.5) is 5.69 Å². The van der Waals surface area contributed by atoms with E-state index >= 15 is 0 Å². The molecule has 0 spiro atoms. The Bertz CT molecular complexity index is 586. The lowest BCUT2D eigenvalue weighted by molar-refractivity contribution is -0.139. The molecule has 0 unspecified atom stereocenters. The number of amides is 2. The smallest absolute Gasteiger partial charge is 0.326 e. The van der Waals surface area contributed by atoms with Crippen LogP contribution in [0, 0.1) is 0 Å². The fourth-order valence-corrected chi connectivity index (χ4v) is 1.93. The van der Waals surface area contributed by atoms with Gasteiger partial charge in [0.05, 0.1) is 0 Å². The Morgan fingerprint density at radius 2 is 2.05 bits per heavy atom. The van der Waals surface area contributed by atoms with Crippen LogP contribution in [-0.4, -0.2) is 28.9 Å². The molecular formula is C14H15BrN2O4. The number of carboxylic acids is 1. The maximum absolute atomic E-state index is 12.0. The van der Waals surface area contributed by atoms with E-state index < -0.39 is 17.9 Å². The van der Waals surface area contributed by atoms with Crippen LogP contribution < -0.4 is 10.6 Å². The third-order valence-electron chi connectivity index (χ3n) is 2.47. The van der Waals surface area contributed by atoms with E-state index in [1.807, 2.05) is 0 Å². The highest BCUT2D eigenvalue weighted by Crippen LogP contribution is 2.13. The Balaban J connectivity index is 2.84. The standard InChI is InChI=1S/C14H15BrN2O4/c1-8(15)6-12(14(20)21)17-13(19)10-4-3-5-11(7-10)16-9(2)18/h3-5,7,12H,1,6H2,2H3,(H,16,18)(H,17,19)(H,20,21)/t12-/m1/s1. The molecule has 0 aliphatic heterocycles. The summed E-state index contributed by atoms with van der Waals surface area (Å²) in [5, 5.41) is 14.0. The summed E-state index contributed by atoms with van der Waals surface area (Å²) in [6, 6.07) is 5.15. The monoisotopic (exact) mass is 354 g/mol. The van der Waals surface area contributed by atoms with Gasteiger partial charge in [-0.15, -0.1) is 0 Å². The van der Waals surface area contributed by atoms with E-state index in [0.717, 1.165) is 0 Å². The SMILES string of the molecule is C=C(Br)C[C@@H](NC(=O)c1cccc(NC(C)=O)c1)C(=O)O. The lowest BCUT2D eigenvalue weighted by atomic mass is 10.1. The second-order valence-corrected chi connectivity index (χ2v) is 5.47. The number of nitrogens with one attached hydrogen (secondary N) is 2. The van der Waals surface area contributed by atoms with Crippen LogP contribution >= 0.6 is 15.9 Å². The van der Waals surface area contributed by atoms with Crippen molar-refractivity contribution < 1.29 is 19.5 Å². The molecule has 0 aliphatic rings. The number of halogens is 1. The number of carboxylic acid groups (broad SMARTS) is 1. The largest absolute Gasteiger partial charge is 0.480 e. The third-order valence-corrected chi connectivity index (χ3v) is 2.80. The van der Waals surface area contributed by atoms with Crippen molar-refractivity contribution in [1.29, 1.82) is 0 Å². The van der Waals surface area contributed by atoms with Crippen molar-refractivity contribution in [2.45, 2.75) is 19.4 Å². The second-order valence-electron chi connectivity index (χ2n) is 4.35. The highest BCUT2D eigenvalue weighted by molar-refractivity contribution is 9.11. The minimum atomic E-state index is -1.15. The van der Waals surface area contributed by atoms with Gasteiger partial charge in [-0.3, -0.25) is 9.59 Å². The van der Waals surface area contributed by atoms with Crippen LogP contribution in [0.1, 0.15) is 23.7 Å². The van der Waals surface area contributed by atoms with Gasteiger partial charge in [-0.1, -0.05) is 28.6 Å². The molecule has 0 bridgehead atoms. The molecule has 1 atom stereocenters. The van der Waals surface area contributed by atoms with Gasteiger partial charge in [0.25, 0.3) is 5.91 Å². The minimum absolute atomic E-state index is 0.0759. The Morgan fingerprint density at radius 3 is 2.57 bits per heavy atom. The Kier molecular flexibility index (Phi) is 6.10. The molecule has 7 heteroatoms. The van der Waals surface area contributed by atoms with Crippen molar-refractivity contribution in [3.05, 3.63) is 40.9 Å². The van der Waals surface area contributed by atoms with E-state index in [4.69, 9.17) is 5.11 Å². The van der Waals surface area contributed by atoms with E-state index in [1.165, 1.54) is 19.1 Å². The number of carbonyl (C=O) groups is 3. The Labute approximate surface area is 130 Å². The zero-order valence-electron chi connectivity index (χ0n) is 11.4. The van der Waals surface area contributed by atoms with E-state index in [9.17, 15) is 14.4 Å². The molecule has 1 aromatic rings. The lowest BCUT2D eigenvalue weighted by Crippen LogP contribution is -2.40. The van der Waals surface area contributed by atoms with Gasteiger partial charge in [0.1, 0.15) is 6.04 Å². The number of carbonyl (C=O) groups excluding carboxylic acids is 2. The first-order valence-corrected chi connectivity index (χ1v) is 6.83. The van der Waals surface area contributed by atoms with Gasteiger partial charge in [0.2, 0.25) is 5.91 Å². The van der Waals surface area contributed by atoms with Crippen molar-refractivity contribution in [3.8, 4) is 0 Å². The number of benzene rings is 1. The summed E-state index contributed by atoms with van der Waals surface area (Å²) < 4.78 is 0.474. The van der Waals surface area contributed by atoms with Crippen LogP contribution in [-0.2, 0) is 9.59 Å². The summed E-state index contributed by atoms with van der Waals surface area (Å²) in [5.74, 6) is -1.95. The molecule has 112 valence electrons. The van der Waals surface area contributed by atoms with Gasteiger partial charge >= 0.3 is 5.97 Å². The fraction of sp³-hybridized carbons (Fsp3) is 0.214. The van der Waals surface area contributed by atoms with Crippen molar-refractivity contribution in [3.63, 3.8) is 0 Å². The van der Waals surface area contributed by atoms with Gasteiger partial charge in [-0.25, -0.2) is 4.79 Å². The van der Waals surface area contributed by atoms with E-state index in [1.54, 1.807) is 12.1 Å². The molecule has 0 saturated heterocycles. The molecule has 1 rings (SSSR count). The number of aliphatic carboxylic acids is 1. The fourth-order valence-electron chi connectivity index (χ4n) is 1.60. The predicted molar refractivity (Wildman–Crippen MR) is 82.3 cm³/mol. The summed E-state index contributed by atoms with van der Waals surface area (Å²) in [6.07, 6.45) is 0.0759. The van der Waals surface area contributed by atoms with Gasteiger partial charge in [-0.2, -0.15) is 0 Å².